The van der Waals surface area contributed by atoms with E-state index < -0.39 is 0 Å². The second-order valence-corrected chi connectivity index (χ2v) is 6.59. The molecule has 5 rings (SSSR count). The number of pyridine rings is 1. The molecular weight excluding hydrogens is 310 g/mol. The van der Waals surface area contributed by atoms with Crippen molar-refractivity contribution in [3.63, 3.8) is 0 Å². The van der Waals surface area contributed by atoms with E-state index in [-0.39, 0.29) is 0 Å². The van der Waals surface area contributed by atoms with Crippen LogP contribution in [0.3, 0.4) is 0 Å². The van der Waals surface area contributed by atoms with Gasteiger partial charge in [0.1, 0.15) is 12.2 Å². The van der Waals surface area contributed by atoms with Gasteiger partial charge in [0.25, 0.3) is 0 Å². The molecule has 4 heteroatoms. The molecule has 0 atom stereocenters. The Labute approximate surface area is 146 Å². The first-order valence-electron chi connectivity index (χ1n) is 8.65. The van der Waals surface area contributed by atoms with Crippen LogP contribution in [0.4, 0.5) is 0 Å². The molecule has 0 bridgehead atoms. The van der Waals surface area contributed by atoms with E-state index in [0.29, 0.717) is 6.73 Å². The molecule has 3 heterocycles. The Morgan fingerprint density at radius 2 is 1.96 bits per heavy atom. The van der Waals surface area contributed by atoms with E-state index in [1.807, 2.05) is 12.3 Å². The Morgan fingerprint density at radius 1 is 1.04 bits per heavy atom. The molecule has 1 N–H and O–H groups in total. The highest BCUT2D eigenvalue weighted by Crippen LogP contribution is 2.32. The van der Waals surface area contributed by atoms with Gasteiger partial charge in [-0.15, -0.1) is 0 Å². The molecule has 4 aromatic rings. The minimum Gasteiger partial charge on any atom is -0.475 e. The number of benzene rings is 2. The monoisotopic (exact) mass is 329 g/mol. The molecule has 0 radical (unpaired) electrons. The average molecular weight is 329 g/mol. The highest BCUT2D eigenvalue weighted by molar-refractivity contribution is 5.85. The lowest BCUT2D eigenvalue weighted by Gasteiger charge is -2.29. The van der Waals surface area contributed by atoms with Crippen molar-refractivity contribution in [2.24, 2.45) is 0 Å². The molecule has 2 aromatic heterocycles. The van der Waals surface area contributed by atoms with Crippen LogP contribution in [0.1, 0.15) is 11.3 Å². The minimum absolute atomic E-state index is 0.614. The van der Waals surface area contributed by atoms with Crippen molar-refractivity contribution in [2.75, 3.05) is 13.3 Å². The van der Waals surface area contributed by atoms with E-state index in [9.17, 15) is 0 Å². The third kappa shape index (κ3) is 2.65. The van der Waals surface area contributed by atoms with Crippen LogP contribution in [0.5, 0.6) is 5.75 Å². The Morgan fingerprint density at radius 3 is 2.92 bits per heavy atom. The zero-order chi connectivity index (χ0) is 16.6. The molecule has 0 saturated carbocycles. The molecule has 0 amide bonds. The van der Waals surface area contributed by atoms with Gasteiger partial charge in [-0.05, 0) is 23.6 Å². The van der Waals surface area contributed by atoms with Crippen LogP contribution in [0.2, 0.25) is 0 Å². The quantitative estimate of drug-likeness (QED) is 0.615. The van der Waals surface area contributed by atoms with Gasteiger partial charge in [0, 0.05) is 47.9 Å². The van der Waals surface area contributed by atoms with Gasteiger partial charge in [0.15, 0.2) is 5.75 Å². The van der Waals surface area contributed by atoms with E-state index >= 15 is 0 Å². The summed E-state index contributed by atoms with van der Waals surface area (Å²) < 4.78 is 6.05. The van der Waals surface area contributed by atoms with E-state index in [0.717, 1.165) is 36.2 Å². The predicted molar refractivity (Wildman–Crippen MR) is 99.7 cm³/mol. The van der Waals surface area contributed by atoms with Gasteiger partial charge >= 0.3 is 0 Å². The maximum Gasteiger partial charge on any atom is 0.152 e. The number of rotatable bonds is 3. The van der Waals surface area contributed by atoms with Crippen LogP contribution in [0, 0.1) is 0 Å². The average Bonchev–Trinajstić information content (AvgIpc) is 3.09. The smallest absolute Gasteiger partial charge is 0.152 e. The van der Waals surface area contributed by atoms with Gasteiger partial charge in [-0.3, -0.25) is 9.88 Å². The van der Waals surface area contributed by atoms with Crippen molar-refractivity contribution in [3.05, 3.63) is 72.1 Å². The maximum atomic E-state index is 6.05. The fourth-order valence-corrected chi connectivity index (χ4v) is 3.58. The number of fused-ring (bicyclic) bond motifs is 4. The second-order valence-electron chi connectivity index (χ2n) is 6.59. The molecule has 1 aliphatic rings. The van der Waals surface area contributed by atoms with Crippen LogP contribution < -0.4 is 4.74 Å². The van der Waals surface area contributed by atoms with Crippen LogP contribution >= 0.6 is 0 Å². The number of hydrogen-bond donors (Lipinski definition) is 1. The maximum absolute atomic E-state index is 6.05. The fraction of sp³-hybridized carbons (Fsp3) is 0.190. The van der Waals surface area contributed by atoms with Crippen molar-refractivity contribution >= 4 is 21.8 Å². The molecular formula is C21H19N3O. The van der Waals surface area contributed by atoms with Gasteiger partial charge in [-0.2, -0.15) is 0 Å². The summed E-state index contributed by atoms with van der Waals surface area (Å²) in [7, 11) is 0. The third-order valence-corrected chi connectivity index (χ3v) is 4.88. The van der Waals surface area contributed by atoms with Crippen LogP contribution in [0.25, 0.3) is 21.8 Å². The summed E-state index contributed by atoms with van der Waals surface area (Å²) in [6.45, 7) is 2.48. The van der Waals surface area contributed by atoms with Crippen LogP contribution in [-0.4, -0.2) is 28.1 Å². The second kappa shape index (κ2) is 5.90. The van der Waals surface area contributed by atoms with E-state index in [2.05, 4.69) is 63.4 Å². The third-order valence-electron chi connectivity index (χ3n) is 4.88. The van der Waals surface area contributed by atoms with Crippen molar-refractivity contribution in [1.82, 2.24) is 14.9 Å². The van der Waals surface area contributed by atoms with E-state index in [1.165, 1.54) is 22.2 Å². The summed E-state index contributed by atoms with van der Waals surface area (Å²) in [4.78, 5) is 10.3. The molecule has 4 nitrogen and oxygen atoms in total. The fourth-order valence-electron chi connectivity index (χ4n) is 3.58. The van der Waals surface area contributed by atoms with Crippen LogP contribution in [0.15, 0.2) is 60.8 Å². The zero-order valence-electron chi connectivity index (χ0n) is 13.9. The first kappa shape index (κ1) is 14.5. The zero-order valence-corrected chi connectivity index (χ0v) is 13.9. The first-order chi connectivity index (χ1) is 12.4. The molecule has 0 spiro atoms. The van der Waals surface area contributed by atoms with Gasteiger partial charge in [0.05, 0.1) is 0 Å². The van der Waals surface area contributed by atoms with Gasteiger partial charge in [0.2, 0.25) is 0 Å². The summed E-state index contributed by atoms with van der Waals surface area (Å²) in [6.07, 6.45) is 2.81. The summed E-state index contributed by atoms with van der Waals surface area (Å²) in [5.41, 5.74) is 4.66. The molecule has 0 unspecified atom stereocenters. The van der Waals surface area contributed by atoms with E-state index in [1.54, 1.807) is 0 Å². The van der Waals surface area contributed by atoms with E-state index in [4.69, 9.17) is 4.74 Å². The molecule has 0 saturated heterocycles. The number of para-hydroxylation sites is 1. The molecule has 1 aliphatic heterocycles. The van der Waals surface area contributed by atoms with Crippen molar-refractivity contribution in [2.45, 2.75) is 13.0 Å². The van der Waals surface area contributed by atoms with Crippen molar-refractivity contribution < 1.29 is 4.74 Å². The normalized spacial score (nSPS) is 14.6. The number of ether oxygens (including phenoxy) is 1. The number of H-pyrrole nitrogens is 1. The molecule has 2 aromatic carbocycles. The van der Waals surface area contributed by atoms with Crippen molar-refractivity contribution in [3.8, 4) is 5.75 Å². The number of aromatic amines is 1. The number of nitrogens with zero attached hydrogens (tertiary/aromatic N) is 2. The van der Waals surface area contributed by atoms with Gasteiger partial charge in [-0.1, -0.05) is 36.4 Å². The van der Waals surface area contributed by atoms with Crippen LogP contribution in [-0.2, 0) is 13.0 Å². The number of aromatic nitrogens is 2. The lowest BCUT2D eigenvalue weighted by atomic mass is 10.1. The highest BCUT2D eigenvalue weighted by atomic mass is 16.5. The molecule has 25 heavy (non-hydrogen) atoms. The summed E-state index contributed by atoms with van der Waals surface area (Å²) in [5, 5.41) is 2.41. The summed E-state index contributed by atoms with van der Waals surface area (Å²) >= 11 is 0. The first-order valence-corrected chi connectivity index (χ1v) is 8.65. The number of hydrogen-bond acceptors (Lipinski definition) is 3. The lowest BCUT2D eigenvalue weighted by molar-refractivity contribution is 0.0978. The SMILES string of the molecule is c1ccc2[nH]c(CCN3COc4c(ccc5cccnc45)C3)cc2c1. The highest BCUT2D eigenvalue weighted by Gasteiger charge is 2.20. The lowest BCUT2D eigenvalue weighted by Crippen LogP contribution is -2.33. The Kier molecular flexibility index (Phi) is 3.42. The summed E-state index contributed by atoms with van der Waals surface area (Å²) in [6, 6.07) is 19.0. The van der Waals surface area contributed by atoms with Gasteiger partial charge in [-0.25, -0.2) is 0 Å². The molecule has 0 fully saturated rings. The van der Waals surface area contributed by atoms with Gasteiger partial charge < -0.3 is 9.72 Å². The minimum atomic E-state index is 0.614. The number of nitrogens with one attached hydrogen (secondary N) is 1. The largest absolute Gasteiger partial charge is 0.475 e. The topological polar surface area (TPSA) is 41.2 Å². The molecule has 0 aliphatic carbocycles. The predicted octanol–water partition coefficient (Wildman–Crippen LogP) is 4.11. The Balaban J connectivity index is 1.33. The Hall–Kier alpha value is -2.85. The molecule has 124 valence electrons. The summed E-state index contributed by atoms with van der Waals surface area (Å²) in [5.74, 6) is 0.944. The Bertz CT molecular complexity index is 1020. The van der Waals surface area contributed by atoms with Crippen molar-refractivity contribution in [1.29, 1.82) is 0 Å². The standard InChI is InChI=1S/C21H19N3O/c1-2-6-19-16(4-1)12-18(23-19)9-11-24-13-17-8-7-15-5-3-10-22-20(15)21(17)25-14-24/h1-8,10,12,23H,9,11,13-14H2.